The van der Waals surface area contributed by atoms with Crippen LogP contribution in [0.5, 0.6) is 5.75 Å². The van der Waals surface area contributed by atoms with Crippen LogP contribution in [0.4, 0.5) is 0 Å². The van der Waals surface area contributed by atoms with Gasteiger partial charge >= 0.3 is 0 Å². The lowest BCUT2D eigenvalue weighted by Gasteiger charge is -2.25. The number of carbonyl (C=O) groups excluding carboxylic acids is 1. The fourth-order valence-electron chi connectivity index (χ4n) is 1.60. The first-order valence-electron chi connectivity index (χ1n) is 7.73. The van der Waals surface area contributed by atoms with E-state index in [0.29, 0.717) is 5.76 Å². The summed E-state index contributed by atoms with van der Waals surface area (Å²) in [7, 11) is 0. The minimum atomic E-state index is -0.0242. The van der Waals surface area contributed by atoms with Crippen LogP contribution in [0, 0.1) is 11.3 Å². The van der Waals surface area contributed by atoms with Crippen LogP contribution in [0.15, 0.2) is 65.8 Å². The van der Waals surface area contributed by atoms with E-state index in [0.717, 1.165) is 10.6 Å². The fraction of sp³-hybridized carbons (Fsp3) is 0.350. The highest BCUT2D eigenvalue weighted by Crippen LogP contribution is 2.33. The molecule has 2 nitrogen and oxygen atoms in total. The SMILES string of the molecule is C=C/C(=C\C=C/C)Oc1ccc(SC(=O)C(C)C(C)(C)C)cc1. The molecule has 0 amide bonds. The number of hydrogen-bond acceptors (Lipinski definition) is 3. The third kappa shape index (κ3) is 6.49. The second-order valence-corrected chi connectivity index (χ2v) is 7.46. The summed E-state index contributed by atoms with van der Waals surface area (Å²) in [5.74, 6) is 1.40. The van der Waals surface area contributed by atoms with Crippen LogP contribution in [-0.2, 0) is 4.79 Å². The van der Waals surface area contributed by atoms with Gasteiger partial charge in [-0.1, -0.05) is 58.2 Å². The Morgan fingerprint density at radius 3 is 2.35 bits per heavy atom. The first kappa shape index (κ1) is 19.3. The van der Waals surface area contributed by atoms with Crippen molar-refractivity contribution >= 4 is 16.9 Å². The Bertz CT molecular complexity index is 589. The van der Waals surface area contributed by atoms with Crippen LogP contribution in [0.1, 0.15) is 34.6 Å². The smallest absolute Gasteiger partial charge is 0.197 e. The van der Waals surface area contributed by atoms with E-state index in [1.54, 1.807) is 6.08 Å². The summed E-state index contributed by atoms with van der Waals surface area (Å²) in [6, 6.07) is 7.54. The molecule has 0 aliphatic carbocycles. The summed E-state index contributed by atoms with van der Waals surface area (Å²) in [5, 5.41) is 0.186. The monoisotopic (exact) mass is 330 g/mol. The van der Waals surface area contributed by atoms with Crippen LogP contribution < -0.4 is 4.74 Å². The van der Waals surface area contributed by atoms with Gasteiger partial charge in [-0.25, -0.2) is 0 Å². The molecular weight excluding hydrogens is 304 g/mol. The first-order valence-corrected chi connectivity index (χ1v) is 8.54. The molecule has 0 heterocycles. The summed E-state index contributed by atoms with van der Waals surface area (Å²) >= 11 is 1.29. The number of allylic oxidation sites excluding steroid dienone is 4. The molecule has 0 bridgehead atoms. The van der Waals surface area contributed by atoms with Crippen molar-refractivity contribution in [3.8, 4) is 5.75 Å². The van der Waals surface area contributed by atoms with Crippen molar-refractivity contribution in [3.63, 3.8) is 0 Å². The Morgan fingerprint density at radius 1 is 1.26 bits per heavy atom. The summed E-state index contributed by atoms with van der Waals surface area (Å²) in [6.45, 7) is 13.9. The molecule has 0 aliphatic rings. The number of carbonyl (C=O) groups is 1. The van der Waals surface area contributed by atoms with E-state index in [9.17, 15) is 4.79 Å². The maximum Gasteiger partial charge on any atom is 0.197 e. The van der Waals surface area contributed by atoms with E-state index in [1.807, 2.05) is 56.3 Å². The first-order chi connectivity index (χ1) is 10.8. The molecule has 3 heteroatoms. The van der Waals surface area contributed by atoms with Crippen LogP contribution in [0.2, 0.25) is 0 Å². The molecule has 1 unspecified atom stereocenters. The largest absolute Gasteiger partial charge is 0.457 e. The molecule has 0 radical (unpaired) electrons. The maximum atomic E-state index is 12.3. The van der Waals surface area contributed by atoms with Crippen molar-refractivity contribution in [2.75, 3.05) is 0 Å². The van der Waals surface area contributed by atoms with Gasteiger partial charge in [-0.05, 0) is 48.8 Å². The summed E-state index contributed by atoms with van der Waals surface area (Å²) in [4.78, 5) is 13.2. The van der Waals surface area contributed by atoms with Gasteiger partial charge in [0.2, 0.25) is 0 Å². The molecule has 0 saturated carbocycles. The zero-order chi connectivity index (χ0) is 17.5. The van der Waals surface area contributed by atoms with Gasteiger partial charge in [0.15, 0.2) is 5.12 Å². The van der Waals surface area contributed by atoms with E-state index in [2.05, 4.69) is 27.4 Å². The van der Waals surface area contributed by atoms with Gasteiger partial charge in [0, 0.05) is 10.8 Å². The van der Waals surface area contributed by atoms with Crippen LogP contribution >= 0.6 is 11.8 Å². The molecule has 0 aromatic heterocycles. The Labute approximate surface area is 144 Å². The summed E-state index contributed by atoms with van der Waals surface area (Å²) < 4.78 is 5.73. The number of benzene rings is 1. The Kier molecular flexibility index (Phi) is 7.37. The number of rotatable bonds is 6. The van der Waals surface area contributed by atoms with Crippen molar-refractivity contribution in [1.82, 2.24) is 0 Å². The van der Waals surface area contributed by atoms with Gasteiger partial charge in [0.05, 0.1) is 0 Å². The molecule has 0 N–H and O–H groups in total. The highest BCUT2D eigenvalue weighted by Gasteiger charge is 2.27. The molecule has 1 aromatic carbocycles. The molecular formula is C20H26O2S. The lowest BCUT2D eigenvalue weighted by Crippen LogP contribution is -2.23. The quantitative estimate of drug-likeness (QED) is 0.363. The van der Waals surface area contributed by atoms with Crippen LogP contribution in [0.3, 0.4) is 0 Å². The normalized spacial score (nSPS) is 13.9. The summed E-state index contributed by atoms with van der Waals surface area (Å²) in [5.41, 5.74) is -0.0242. The molecule has 124 valence electrons. The van der Waals surface area contributed by atoms with Crippen molar-refractivity contribution in [1.29, 1.82) is 0 Å². The fourth-order valence-corrected chi connectivity index (χ4v) is 2.64. The van der Waals surface area contributed by atoms with Gasteiger partial charge in [0.1, 0.15) is 11.5 Å². The van der Waals surface area contributed by atoms with Gasteiger partial charge in [-0.15, -0.1) is 0 Å². The number of ether oxygens (including phenoxy) is 1. The topological polar surface area (TPSA) is 26.3 Å². The molecule has 0 fully saturated rings. The lowest BCUT2D eigenvalue weighted by atomic mass is 9.83. The number of thioether (sulfide) groups is 1. The molecule has 1 aromatic rings. The molecule has 1 rings (SSSR count). The highest BCUT2D eigenvalue weighted by molar-refractivity contribution is 8.13. The predicted octanol–water partition coefficient (Wildman–Crippen LogP) is 6.01. The minimum absolute atomic E-state index is 0.000408. The van der Waals surface area contributed by atoms with Gasteiger partial charge in [-0.2, -0.15) is 0 Å². The van der Waals surface area contributed by atoms with Gasteiger partial charge < -0.3 is 4.74 Å². The molecule has 1 atom stereocenters. The zero-order valence-corrected chi connectivity index (χ0v) is 15.4. The second kappa shape index (κ2) is 8.78. The summed E-state index contributed by atoms with van der Waals surface area (Å²) in [6.07, 6.45) is 7.34. The van der Waals surface area contributed by atoms with Crippen molar-refractivity contribution < 1.29 is 9.53 Å². The molecule has 0 spiro atoms. The second-order valence-electron chi connectivity index (χ2n) is 6.38. The maximum absolute atomic E-state index is 12.3. The standard InChI is InChI=1S/C20H26O2S/c1-7-9-10-16(8-2)22-17-11-13-18(14-12-17)23-19(21)15(3)20(4,5)6/h7-15H,2H2,1,3-6H3/b9-7-,16-10+. The Balaban J connectivity index is 2.74. The van der Waals surface area contributed by atoms with Crippen molar-refractivity contribution in [3.05, 3.63) is 60.9 Å². The zero-order valence-electron chi connectivity index (χ0n) is 14.6. The van der Waals surface area contributed by atoms with E-state index in [1.165, 1.54) is 11.8 Å². The number of hydrogen-bond donors (Lipinski definition) is 0. The minimum Gasteiger partial charge on any atom is -0.457 e. The van der Waals surface area contributed by atoms with Crippen LogP contribution in [0.25, 0.3) is 0 Å². The van der Waals surface area contributed by atoms with E-state index >= 15 is 0 Å². The average Bonchev–Trinajstić information content (AvgIpc) is 2.51. The van der Waals surface area contributed by atoms with Gasteiger partial charge in [-0.3, -0.25) is 4.79 Å². The van der Waals surface area contributed by atoms with E-state index in [4.69, 9.17) is 4.74 Å². The Morgan fingerprint density at radius 2 is 1.87 bits per heavy atom. The predicted molar refractivity (Wildman–Crippen MR) is 99.6 cm³/mol. The van der Waals surface area contributed by atoms with Crippen LogP contribution in [-0.4, -0.2) is 5.12 Å². The van der Waals surface area contributed by atoms with E-state index in [-0.39, 0.29) is 16.4 Å². The van der Waals surface area contributed by atoms with E-state index < -0.39 is 0 Å². The lowest BCUT2D eigenvalue weighted by molar-refractivity contribution is -0.116. The highest BCUT2D eigenvalue weighted by atomic mass is 32.2. The Hall–Kier alpha value is -1.74. The molecule has 0 saturated heterocycles. The molecule has 0 aliphatic heterocycles. The average molecular weight is 330 g/mol. The van der Waals surface area contributed by atoms with Crippen molar-refractivity contribution in [2.45, 2.75) is 39.5 Å². The molecule has 23 heavy (non-hydrogen) atoms. The van der Waals surface area contributed by atoms with Crippen molar-refractivity contribution in [2.24, 2.45) is 11.3 Å². The third-order valence-corrected chi connectivity index (χ3v) is 4.65. The third-order valence-electron chi connectivity index (χ3n) is 3.58. The van der Waals surface area contributed by atoms with Gasteiger partial charge in [0.25, 0.3) is 0 Å².